The number of carbonyl (C=O) groups is 1. The lowest BCUT2D eigenvalue weighted by atomic mass is 10.0. The summed E-state index contributed by atoms with van der Waals surface area (Å²) in [5.74, 6) is -13.6. The molecule has 1 unspecified atom stereocenters. The number of nitrogens with one attached hydrogen (secondary N) is 1. The number of hydrogen-bond donors (Lipinski definition) is 1. The zero-order chi connectivity index (χ0) is 21.0. The van der Waals surface area contributed by atoms with Crippen molar-refractivity contribution in [1.82, 2.24) is 5.32 Å². The lowest BCUT2D eigenvalue weighted by Gasteiger charge is -2.31. The molecule has 0 saturated carbocycles. The van der Waals surface area contributed by atoms with E-state index in [1.54, 1.807) is 6.07 Å². The molecule has 0 aliphatic heterocycles. The van der Waals surface area contributed by atoms with Gasteiger partial charge in [-0.15, -0.1) is 0 Å². The Labute approximate surface area is 151 Å². The van der Waals surface area contributed by atoms with Gasteiger partial charge in [0.1, 0.15) is 0 Å². The molecule has 1 aromatic rings. The predicted molar refractivity (Wildman–Crippen MR) is 83.3 cm³/mol. The molecule has 3 nitrogen and oxygen atoms in total. The number of benzene rings is 1. The molecule has 152 valence electrons. The van der Waals surface area contributed by atoms with Crippen LogP contribution in [0.2, 0.25) is 0 Å². The largest absolute Gasteiger partial charge is 0.460 e. The van der Waals surface area contributed by atoms with Crippen molar-refractivity contribution in [1.29, 1.82) is 0 Å². The fourth-order valence-corrected chi connectivity index (χ4v) is 2.01. The molecular weight excluding hydrogens is 383 g/mol. The Hall–Kier alpha value is -2.26. The summed E-state index contributed by atoms with van der Waals surface area (Å²) < 4.78 is 97.1. The van der Waals surface area contributed by atoms with Crippen molar-refractivity contribution in [2.24, 2.45) is 0 Å². The van der Waals surface area contributed by atoms with Crippen LogP contribution in [0.5, 0.6) is 0 Å². The van der Waals surface area contributed by atoms with Crippen LogP contribution in [0, 0.1) is 0 Å². The van der Waals surface area contributed by atoms with E-state index in [0.717, 1.165) is 0 Å². The second kappa shape index (κ2) is 8.18. The first-order valence-electron chi connectivity index (χ1n) is 7.76. The lowest BCUT2D eigenvalue weighted by Crippen LogP contribution is -2.55. The minimum atomic E-state index is -6.53. The van der Waals surface area contributed by atoms with Crippen molar-refractivity contribution in [3.8, 4) is 0 Å². The van der Waals surface area contributed by atoms with Gasteiger partial charge >= 0.3 is 24.0 Å². The van der Waals surface area contributed by atoms with Crippen LogP contribution in [-0.4, -0.2) is 30.1 Å². The minimum Gasteiger partial charge on any atom is -0.460 e. The Morgan fingerprint density at radius 1 is 1.00 bits per heavy atom. The van der Waals surface area contributed by atoms with E-state index >= 15 is 0 Å². The summed E-state index contributed by atoms with van der Waals surface area (Å²) in [7, 11) is 0. The van der Waals surface area contributed by atoms with Crippen molar-refractivity contribution in [2.45, 2.75) is 50.9 Å². The van der Waals surface area contributed by atoms with Crippen LogP contribution in [0.4, 0.5) is 30.7 Å². The normalized spacial score (nSPS) is 14.9. The Kier molecular flexibility index (Phi) is 6.90. The number of esters is 1. The molecule has 0 bridgehead atoms. The molecule has 0 radical (unpaired) electrons. The summed E-state index contributed by atoms with van der Waals surface area (Å²) in [5.41, 5.74) is -1.57. The molecule has 27 heavy (non-hydrogen) atoms. The highest BCUT2D eigenvalue weighted by atomic mass is 19.4. The highest BCUT2D eigenvalue weighted by molar-refractivity contribution is 5.83. The molecule has 1 aromatic carbocycles. The summed E-state index contributed by atoms with van der Waals surface area (Å²) in [5, 5.41) is 1.89. The van der Waals surface area contributed by atoms with Gasteiger partial charge in [-0.1, -0.05) is 30.3 Å². The molecular formula is C17H18F7NO2. The summed E-state index contributed by atoms with van der Waals surface area (Å²) >= 11 is 0. The number of hydrogen-bond acceptors (Lipinski definition) is 3. The Morgan fingerprint density at radius 2 is 1.52 bits per heavy atom. The Bertz CT molecular complexity index is 670. The number of allylic oxidation sites excluding steroid dienone is 1. The van der Waals surface area contributed by atoms with Gasteiger partial charge in [-0.2, -0.15) is 30.7 Å². The summed E-state index contributed by atoms with van der Waals surface area (Å²) in [6.45, 7) is 3.97. The third-order valence-corrected chi connectivity index (χ3v) is 3.37. The van der Waals surface area contributed by atoms with Crippen LogP contribution >= 0.6 is 0 Å². The molecule has 0 aliphatic rings. The van der Waals surface area contributed by atoms with Crippen molar-refractivity contribution in [2.75, 3.05) is 0 Å². The fourth-order valence-electron chi connectivity index (χ4n) is 2.01. The maximum Gasteiger partial charge on any atom is 0.460 e. The molecule has 1 N–H and O–H groups in total. The molecule has 0 fully saturated rings. The average Bonchev–Trinajstić information content (AvgIpc) is 2.52. The summed E-state index contributed by atoms with van der Waals surface area (Å²) in [4.78, 5) is 11.6. The number of rotatable bonds is 7. The van der Waals surface area contributed by atoms with Gasteiger partial charge in [0.05, 0.1) is 11.8 Å². The van der Waals surface area contributed by atoms with Gasteiger partial charge in [0.15, 0.2) is 0 Å². The van der Waals surface area contributed by atoms with Crippen LogP contribution < -0.4 is 5.32 Å². The molecule has 1 atom stereocenters. The number of ether oxygens (including phenoxy) is 1. The molecule has 0 aliphatic carbocycles. The minimum absolute atomic E-state index is 0.0842. The van der Waals surface area contributed by atoms with E-state index in [1.165, 1.54) is 45.0 Å². The highest BCUT2D eigenvalue weighted by Gasteiger charge is 2.74. The highest BCUT2D eigenvalue weighted by Crippen LogP contribution is 2.49. The monoisotopic (exact) mass is 401 g/mol. The van der Waals surface area contributed by atoms with Crippen molar-refractivity contribution < 1.29 is 40.3 Å². The van der Waals surface area contributed by atoms with Crippen molar-refractivity contribution in [3.63, 3.8) is 0 Å². The standard InChI is InChI=1S/C17H18F7NO2/c1-10(2)27-14(26)9-13(15(18,19)16(20,21)17(22,23)24)25-11(3)12-7-5-4-6-8-12/h4-11,25H,1-3H3/b13-9-. The smallest absolute Gasteiger partial charge is 0.460 e. The average molecular weight is 401 g/mol. The first kappa shape index (κ1) is 22.8. The number of carbonyl (C=O) groups excluding carboxylic acids is 1. The second-order valence-corrected chi connectivity index (χ2v) is 5.97. The third-order valence-electron chi connectivity index (χ3n) is 3.37. The number of alkyl halides is 7. The van der Waals surface area contributed by atoms with Gasteiger partial charge in [0.25, 0.3) is 0 Å². The van der Waals surface area contributed by atoms with E-state index < -0.39 is 41.8 Å². The topological polar surface area (TPSA) is 38.3 Å². The molecule has 0 amide bonds. The van der Waals surface area contributed by atoms with Crippen LogP contribution in [0.15, 0.2) is 42.1 Å². The van der Waals surface area contributed by atoms with E-state index in [9.17, 15) is 35.5 Å². The van der Waals surface area contributed by atoms with E-state index in [0.29, 0.717) is 5.56 Å². The Morgan fingerprint density at radius 3 is 1.96 bits per heavy atom. The van der Waals surface area contributed by atoms with Crippen molar-refractivity contribution >= 4 is 5.97 Å². The molecule has 0 aromatic heterocycles. The molecule has 0 heterocycles. The van der Waals surface area contributed by atoms with Crippen LogP contribution in [0.25, 0.3) is 0 Å². The van der Waals surface area contributed by atoms with E-state index in [-0.39, 0.29) is 6.08 Å². The maximum absolute atomic E-state index is 14.1. The zero-order valence-electron chi connectivity index (χ0n) is 14.6. The fraction of sp³-hybridized carbons (Fsp3) is 0.471. The Balaban J connectivity index is 3.33. The van der Waals surface area contributed by atoms with Gasteiger partial charge in [0, 0.05) is 12.1 Å². The SMILES string of the molecule is CC(C)OC(=O)/C=C(\NC(C)c1ccccc1)C(F)(F)C(F)(F)C(F)(F)F. The quantitative estimate of drug-likeness (QED) is 0.397. The van der Waals surface area contributed by atoms with Gasteiger partial charge in [-0.05, 0) is 26.3 Å². The summed E-state index contributed by atoms with van der Waals surface area (Å²) in [6, 6.07) is 6.43. The zero-order valence-corrected chi connectivity index (χ0v) is 14.6. The summed E-state index contributed by atoms with van der Waals surface area (Å²) in [6.07, 6.45) is -7.41. The molecule has 10 heteroatoms. The van der Waals surface area contributed by atoms with Gasteiger partial charge in [0.2, 0.25) is 0 Å². The van der Waals surface area contributed by atoms with E-state index in [1.807, 2.05) is 5.32 Å². The van der Waals surface area contributed by atoms with E-state index in [4.69, 9.17) is 0 Å². The van der Waals surface area contributed by atoms with E-state index in [2.05, 4.69) is 4.74 Å². The molecule has 1 rings (SSSR count). The van der Waals surface area contributed by atoms with Crippen molar-refractivity contribution in [3.05, 3.63) is 47.7 Å². The van der Waals surface area contributed by atoms with Crippen LogP contribution in [0.3, 0.4) is 0 Å². The molecule has 0 spiro atoms. The first-order valence-corrected chi connectivity index (χ1v) is 7.76. The second-order valence-electron chi connectivity index (χ2n) is 5.97. The van der Waals surface area contributed by atoms with Gasteiger partial charge in [-0.25, -0.2) is 4.79 Å². The molecule has 0 saturated heterocycles. The van der Waals surface area contributed by atoms with Crippen LogP contribution in [0.1, 0.15) is 32.4 Å². The predicted octanol–water partition coefficient (Wildman–Crippen LogP) is 5.01. The third kappa shape index (κ3) is 5.36. The lowest BCUT2D eigenvalue weighted by molar-refractivity contribution is -0.345. The first-order chi connectivity index (χ1) is 12.2. The number of halogens is 7. The van der Waals surface area contributed by atoms with Gasteiger partial charge in [-0.3, -0.25) is 0 Å². The van der Waals surface area contributed by atoms with Gasteiger partial charge < -0.3 is 10.1 Å². The maximum atomic E-state index is 14.1. The van der Waals surface area contributed by atoms with Crippen LogP contribution in [-0.2, 0) is 9.53 Å².